The van der Waals surface area contributed by atoms with Gasteiger partial charge in [-0.2, -0.15) is 21.6 Å². The summed E-state index contributed by atoms with van der Waals surface area (Å²) >= 11 is 0. The van der Waals surface area contributed by atoms with Gasteiger partial charge >= 0.3 is 5.51 Å². The van der Waals surface area contributed by atoms with E-state index in [1.807, 2.05) is 4.72 Å². The molecule has 1 aromatic carbocycles. The fourth-order valence-corrected chi connectivity index (χ4v) is 2.79. The van der Waals surface area contributed by atoms with Crippen LogP contribution >= 0.6 is 10.8 Å². The van der Waals surface area contributed by atoms with E-state index in [-0.39, 0.29) is 5.69 Å². The number of aryl methyl sites for hydroxylation is 1. The van der Waals surface area contributed by atoms with Crippen LogP contribution < -0.4 is 4.72 Å². The second-order valence-corrected chi connectivity index (χ2v) is 6.51. The van der Waals surface area contributed by atoms with Crippen LogP contribution in [-0.4, -0.2) is 13.9 Å². The number of nitrogens with one attached hydrogen (secondary N) is 1. The van der Waals surface area contributed by atoms with Gasteiger partial charge in [0.05, 0.1) is 0 Å². The summed E-state index contributed by atoms with van der Waals surface area (Å²) in [6.07, 6.45) is 0. The molecule has 0 aliphatic rings. The fourth-order valence-electron chi connectivity index (χ4n) is 0.911. The van der Waals surface area contributed by atoms with Gasteiger partial charge in [-0.25, -0.2) is 0 Å². The van der Waals surface area contributed by atoms with Crippen molar-refractivity contribution in [3.63, 3.8) is 0 Å². The van der Waals surface area contributed by atoms with Crippen molar-refractivity contribution in [1.82, 2.24) is 0 Å². The van der Waals surface area contributed by atoms with Gasteiger partial charge in [-0.1, -0.05) is 17.7 Å². The molecule has 0 amide bonds. The van der Waals surface area contributed by atoms with Gasteiger partial charge in [-0.15, -0.1) is 0 Å². The Kier molecular flexibility index (Phi) is 3.74. The molecule has 0 aliphatic carbocycles. The van der Waals surface area contributed by atoms with Crippen molar-refractivity contribution in [3.05, 3.63) is 29.8 Å². The van der Waals surface area contributed by atoms with Crippen molar-refractivity contribution in [2.45, 2.75) is 12.4 Å². The predicted octanol–water partition coefficient (Wildman–Crippen LogP) is 2.90. The van der Waals surface area contributed by atoms with E-state index in [2.05, 4.69) is 0 Å². The molecule has 3 nitrogen and oxygen atoms in total. The number of halogens is 3. The van der Waals surface area contributed by atoms with Crippen molar-refractivity contribution in [1.29, 1.82) is 0 Å². The Morgan fingerprint density at radius 1 is 1.19 bits per heavy atom. The van der Waals surface area contributed by atoms with E-state index >= 15 is 0 Å². The van der Waals surface area contributed by atoms with Crippen molar-refractivity contribution in [2.24, 2.45) is 0 Å². The van der Waals surface area contributed by atoms with Crippen LogP contribution in [0.5, 0.6) is 0 Å². The average molecular weight is 271 g/mol. The van der Waals surface area contributed by atoms with E-state index in [9.17, 15) is 21.6 Å². The minimum atomic E-state index is -4.82. The van der Waals surface area contributed by atoms with Gasteiger partial charge in [0, 0.05) is 5.69 Å². The number of rotatable bonds is 3. The molecule has 0 aliphatic heterocycles. The van der Waals surface area contributed by atoms with Crippen molar-refractivity contribution < 1.29 is 21.6 Å². The number of hydrogen-bond acceptors (Lipinski definition) is 3. The van der Waals surface area contributed by atoms with Gasteiger partial charge in [-0.05, 0) is 19.1 Å². The van der Waals surface area contributed by atoms with Crippen LogP contribution in [0.25, 0.3) is 0 Å². The summed E-state index contributed by atoms with van der Waals surface area (Å²) < 4.78 is 59.5. The molecule has 1 aromatic rings. The maximum atomic E-state index is 11.9. The molecule has 0 aromatic heterocycles. The maximum absolute atomic E-state index is 11.9. The van der Waals surface area contributed by atoms with Gasteiger partial charge in [0.15, 0.2) is 0 Å². The zero-order valence-corrected chi connectivity index (χ0v) is 9.71. The van der Waals surface area contributed by atoms with E-state index < -0.39 is 25.4 Å². The first kappa shape index (κ1) is 13.2. The molecule has 1 rings (SSSR count). The Morgan fingerprint density at radius 2 is 1.69 bits per heavy atom. The molecule has 0 saturated carbocycles. The predicted molar refractivity (Wildman–Crippen MR) is 57.4 cm³/mol. The van der Waals surface area contributed by atoms with Crippen LogP contribution in [0.3, 0.4) is 0 Å². The highest BCUT2D eigenvalue weighted by atomic mass is 33.1. The second-order valence-electron chi connectivity index (χ2n) is 2.95. The molecule has 0 radical (unpaired) electrons. The quantitative estimate of drug-likeness (QED) is 0.860. The highest BCUT2D eigenvalue weighted by molar-refractivity contribution is 8.72. The summed E-state index contributed by atoms with van der Waals surface area (Å²) in [5, 5.41) is 0. The van der Waals surface area contributed by atoms with Crippen molar-refractivity contribution in [2.75, 3.05) is 4.72 Å². The zero-order chi connectivity index (χ0) is 12.4. The SMILES string of the molecule is Cc1ccc(NS(=O)(=O)SC(F)(F)F)cc1. The standard InChI is InChI=1S/C8H8F3NO2S2/c1-6-2-4-7(5-3-6)12-16(13,14)15-8(9,10)11/h2-5,12H,1H3. The molecule has 8 heteroatoms. The molecule has 0 atom stereocenters. The third-order valence-corrected chi connectivity index (χ3v) is 3.87. The molecule has 0 heterocycles. The molecule has 90 valence electrons. The topological polar surface area (TPSA) is 46.2 Å². The number of benzene rings is 1. The first-order chi connectivity index (χ1) is 7.18. The third-order valence-electron chi connectivity index (χ3n) is 1.50. The van der Waals surface area contributed by atoms with Crippen LogP contribution in [0.1, 0.15) is 5.56 Å². The minimum absolute atomic E-state index is 0.0994. The lowest BCUT2D eigenvalue weighted by Gasteiger charge is -2.08. The van der Waals surface area contributed by atoms with Gasteiger partial charge in [0.2, 0.25) is 0 Å². The van der Waals surface area contributed by atoms with Crippen LogP contribution in [0.2, 0.25) is 0 Å². The Balaban J connectivity index is 2.77. The molecular weight excluding hydrogens is 263 g/mol. The molecule has 0 saturated heterocycles. The molecule has 1 N–H and O–H groups in total. The zero-order valence-electron chi connectivity index (χ0n) is 8.08. The van der Waals surface area contributed by atoms with E-state index in [1.165, 1.54) is 12.1 Å². The molecule has 0 unspecified atom stereocenters. The van der Waals surface area contributed by atoms with E-state index in [1.54, 1.807) is 19.1 Å². The highest BCUT2D eigenvalue weighted by Gasteiger charge is 2.36. The summed E-state index contributed by atoms with van der Waals surface area (Å²) in [6.45, 7) is 1.78. The lowest BCUT2D eigenvalue weighted by molar-refractivity contribution is -0.0312. The summed E-state index contributed by atoms with van der Waals surface area (Å²) in [4.78, 5) is 0. The van der Waals surface area contributed by atoms with Gasteiger partial charge < -0.3 is 0 Å². The number of alkyl halides is 3. The molecule has 16 heavy (non-hydrogen) atoms. The Morgan fingerprint density at radius 3 is 2.12 bits per heavy atom. The van der Waals surface area contributed by atoms with Gasteiger partial charge in [0.1, 0.15) is 10.8 Å². The second kappa shape index (κ2) is 4.54. The third kappa shape index (κ3) is 4.75. The maximum Gasteiger partial charge on any atom is 0.458 e. The van der Waals surface area contributed by atoms with E-state index in [4.69, 9.17) is 0 Å². The smallest absolute Gasteiger partial charge is 0.275 e. The average Bonchev–Trinajstić information content (AvgIpc) is 2.04. The number of anilines is 1. The molecule has 0 fully saturated rings. The number of hydrogen-bond donors (Lipinski definition) is 1. The lowest BCUT2D eigenvalue weighted by atomic mass is 10.2. The summed E-state index contributed by atoms with van der Waals surface area (Å²) in [5.74, 6) is 0. The van der Waals surface area contributed by atoms with Crippen LogP contribution in [-0.2, 0) is 9.06 Å². The first-order valence-corrected chi connectivity index (χ1v) is 6.86. The normalized spacial score (nSPS) is 12.5. The molecular formula is C8H8F3NO2S2. The summed E-state index contributed by atoms with van der Waals surface area (Å²) in [6, 6.07) is 5.97. The summed E-state index contributed by atoms with van der Waals surface area (Å²) in [5.41, 5.74) is -3.84. The highest BCUT2D eigenvalue weighted by Crippen LogP contribution is 2.35. The first-order valence-electron chi connectivity index (χ1n) is 4.05. The Labute approximate surface area is 94.5 Å². The Hall–Kier alpha value is -0.890. The van der Waals surface area contributed by atoms with E-state index in [0.717, 1.165) is 5.56 Å². The van der Waals surface area contributed by atoms with Gasteiger partial charge in [-0.3, -0.25) is 4.72 Å². The van der Waals surface area contributed by atoms with Crippen LogP contribution in [0, 0.1) is 6.92 Å². The van der Waals surface area contributed by atoms with Gasteiger partial charge in [0.25, 0.3) is 9.06 Å². The Bertz CT molecular complexity index is 453. The van der Waals surface area contributed by atoms with Crippen molar-refractivity contribution >= 4 is 25.5 Å². The molecule has 0 spiro atoms. The monoisotopic (exact) mass is 271 g/mol. The van der Waals surface area contributed by atoms with E-state index in [0.29, 0.717) is 0 Å². The van der Waals surface area contributed by atoms with Crippen LogP contribution in [0.4, 0.5) is 18.9 Å². The summed E-state index contributed by atoms with van der Waals surface area (Å²) in [7, 11) is -5.54. The molecule has 0 bridgehead atoms. The lowest BCUT2D eigenvalue weighted by Crippen LogP contribution is -2.14. The van der Waals surface area contributed by atoms with Crippen molar-refractivity contribution in [3.8, 4) is 0 Å². The fraction of sp³-hybridized carbons (Fsp3) is 0.250. The largest absolute Gasteiger partial charge is 0.458 e. The van der Waals surface area contributed by atoms with Crippen LogP contribution in [0.15, 0.2) is 24.3 Å². The minimum Gasteiger partial charge on any atom is -0.275 e.